The Bertz CT molecular complexity index is 619. The molecule has 20 heavy (non-hydrogen) atoms. The number of rotatable bonds is 5. The normalized spacial score (nSPS) is 11.6. The SMILES string of the molecule is CCC(CC)(C(=O)O)n1nnnc1-c1ccnc(C)c1. The van der Waals surface area contributed by atoms with Crippen molar-refractivity contribution < 1.29 is 9.90 Å². The summed E-state index contributed by atoms with van der Waals surface area (Å²) >= 11 is 0. The Hall–Kier alpha value is -2.31. The van der Waals surface area contributed by atoms with E-state index in [9.17, 15) is 9.90 Å². The van der Waals surface area contributed by atoms with Crippen molar-refractivity contribution in [2.45, 2.75) is 39.2 Å². The molecule has 0 radical (unpaired) electrons. The molecule has 0 aliphatic rings. The maximum Gasteiger partial charge on any atom is 0.331 e. The average Bonchev–Trinajstić information content (AvgIpc) is 2.90. The van der Waals surface area contributed by atoms with Crippen LogP contribution in [0, 0.1) is 6.92 Å². The Balaban J connectivity index is 2.60. The molecule has 2 aromatic rings. The lowest BCUT2D eigenvalue weighted by molar-refractivity contribution is -0.148. The maximum absolute atomic E-state index is 11.7. The molecule has 2 aromatic heterocycles. The van der Waals surface area contributed by atoms with E-state index >= 15 is 0 Å². The molecule has 0 fully saturated rings. The maximum atomic E-state index is 11.7. The first-order chi connectivity index (χ1) is 9.55. The lowest BCUT2D eigenvalue weighted by Crippen LogP contribution is -2.42. The summed E-state index contributed by atoms with van der Waals surface area (Å²) in [5, 5.41) is 21.1. The smallest absolute Gasteiger partial charge is 0.331 e. The Morgan fingerprint density at radius 1 is 1.40 bits per heavy atom. The van der Waals surface area contributed by atoms with Crippen molar-refractivity contribution in [2.24, 2.45) is 0 Å². The molecule has 2 rings (SSSR count). The summed E-state index contributed by atoms with van der Waals surface area (Å²) in [7, 11) is 0. The summed E-state index contributed by atoms with van der Waals surface area (Å²) in [6.07, 6.45) is 2.46. The molecular weight excluding hydrogens is 258 g/mol. The van der Waals surface area contributed by atoms with E-state index < -0.39 is 11.5 Å². The zero-order valence-electron chi connectivity index (χ0n) is 11.7. The minimum absolute atomic E-state index is 0.404. The lowest BCUT2D eigenvalue weighted by atomic mass is 9.93. The molecule has 7 nitrogen and oxygen atoms in total. The van der Waals surface area contributed by atoms with Gasteiger partial charge in [0.15, 0.2) is 11.4 Å². The van der Waals surface area contributed by atoms with Crippen molar-refractivity contribution in [1.29, 1.82) is 0 Å². The number of hydrogen-bond donors (Lipinski definition) is 1. The Morgan fingerprint density at radius 3 is 2.65 bits per heavy atom. The van der Waals surface area contributed by atoms with Crippen LogP contribution < -0.4 is 0 Å². The third-order valence-corrected chi connectivity index (χ3v) is 3.60. The van der Waals surface area contributed by atoms with Gasteiger partial charge in [-0.2, -0.15) is 0 Å². The van der Waals surface area contributed by atoms with Crippen molar-refractivity contribution in [3.63, 3.8) is 0 Å². The molecule has 0 spiro atoms. The van der Waals surface area contributed by atoms with Crippen LogP contribution >= 0.6 is 0 Å². The summed E-state index contributed by atoms with van der Waals surface area (Å²) in [4.78, 5) is 15.8. The Morgan fingerprint density at radius 2 is 2.10 bits per heavy atom. The molecule has 0 unspecified atom stereocenters. The van der Waals surface area contributed by atoms with Crippen LogP contribution in [-0.4, -0.2) is 36.3 Å². The number of aliphatic carboxylic acids is 1. The molecule has 0 saturated heterocycles. The summed E-state index contributed by atoms with van der Waals surface area (Å²) in [6.45, 7) is 5.50. The van der Waals surface area contributed by atoms with Crippen LogP contribution in [0.2, 0.25) is 0 Å². The molecule has 7 heteroatoms. The van der Waals surface area contributed by atoms with E-state index in [1.54, 1.807) is 12.3 Å². The minimum atomic E-state index is -1.13. The van der Waals surface area contributed by atoms with Crippen LogP contribution in [0.15, 0.2) is 18.3 Å². The highest BCUT2D eigenvalue weighted by Crippen LogP contribution is 2.29. The predicted molar refractivity (Wildman–Crippen MR) is 72.0 cm³/mol. The zero-order valence-corrected chi connectivity index (χ0v) is 11.7. The van der Waals surface area contributed by atoms with Gasteiger partial charge in [-0.3, -0.25) is 4.98 Å². The summed E-state index contributed by atoms with van der Waals surface area (Å²) in [5.74, 6) is -0.483. The number of carboxylic acids is 1. The van der Waals surface area contributed by atoms with Crippen molar-refractivity contribution in [3.05, 3.63) is 24.0 Å². The van der Waals surface area contributed by atoms with Gasteiger partial charge in [-0.05, 0) is 42.3 Å². The average molecular weight is 275 g/mol. The Kier molecular flexibility index (Phi) is 3.78. The molecule has 0 amide bonds. The fourth-order valence-electron chi connectivity index (χ4n) is 2.28. The van der Waals surface area contributed by atoms with Gasteiger partial charge in [-0.25, -0.2) is 9.48 Å². The fourth-order valence-corrected chi connectivity index (χ4v) is 2.28. The molecule has 0 atom stereocenters. The third-order valence-electron chi connectivity index (χ3n) is 3.60. The van der Waals surface area contributed by atoms with Gasteiger partial charge in [0.25, 0.3) is 0 Å². The van der Waals surface area contributed by atoms with Gasteiger partial charge in [0.05, 0.1) is 0 Å². The van der Waals surface area contributed by atoms with Crippen LogP contribution in [0.3, 0.4) is 0 Å². The second-order valence-electron chi connectivity index (χ2n) is 4.64. The quantitative estimate of drug-likeness (QED) is 0.891. The highest BCUT2D eigenvalue weighted by Gasteiger charge is 2.40. The first kappa shape index (κ1) is 14.1. The number of carbonyl (C=O) groups is 1. The van der Waals surface area contributed by atoms with Crippen molar-refractivity contribution in [1.82, 2.24) is 25.2 Å². The van der Waals surface area contributed by atoms with E-state index in [-0.39, 0.29) is 0 Å². The summed E-state index contributed by atoms with van der Waals surface area (Å²) < 4.78 is 1.41. The first-order valence-corrected chi connectivity index (χ1v) is 6.50. The van der Waals surface area contributed by atoms with Crippen LogP contribution in [-0.2, 0) is 10.3 Å². The van der Waals surface area contributed by atoms with E-state index in [1.165, 1.54) is 4.68 Å². The van der Waals surface area contributed by atoms with E-state index in [4.69, 9.17) is 0 Å². The standard InChI is InChI=1S/C13H17N5O2/c1-4-13(5-2,12(19)20)18-11(15-16-17-18)10-6-7-14-9(3)8-10/h6-8H,4-5H2,1-3H3,(H,19,20). The van der Waals surface area contributed by atoms with Gasteiger partial charge in [0.2, 0.25) is 0 Å². The number of pyridine rings is 1. The molecule has 0 aliphatic carbocycles. The largest absolute Gasteiger partial charge is 0.479 e. The number of aromatic nitrogens is 5. The van der Waals surface area contributed by atoms with E-state index in [1.807, 2.05) is 26.8 Å². The van der Waals surface area contributed by atoms with Crippen LogP contribution in [0.25, 0.3) is 11.4 Å². The topological polar surface area (TPSA) is 93.8 Å². The number of carboxylic acid groups (broad SMARTS) is 1. The second-order valence-corrected chi connectivity index (χ2v) is 4.64. The molecule has 106 valence electrons. The molecular formula is C13H17N5O2. The van der Waals surface area contributed by atoms with Crippen LogP contribution in [0.4, 0.5) is 0 Å². The number of hydrogen-bond acceptors (Lipinski definition) is 5. The second kappa shape index (κ2) is 5.36. The predicted octanol–water partition coefficient (Wildman–Crippen LogP) is 1.64. The van der Waals surface area contributed by atoms with Gasteiger partial charge >= 0.3 is 5.97 Å². The van der Waals surface area contributed by atoms with E-state index in [0.717, 1.165) is 11.3 Å². The van der Waals surface area contributed by atoms with E-state index in [2.05, 4.69) is 20.5 Å². The summed E-state index contributed by atoms with van der Waals surface area (Å²) in [6, 6.07) is 3.60. The zero-order chi connectivity index (χ0) is 14.8. The van der Waals surface area contributed by atoms with Gasteiger partial charge in [0.1, 0.15) is 0 Å². The molecule has 0 aliphatic heterocycles. The molecule has 1 N–H and O–H groups in total. The van der Waals surface area contributed by atoms with E-state index in [0.29, 0.717) is 18.7 Å². The Labute approximate surface area is 116 Å². The van der Waals surface area contributed by atoms with Gasteiger partial charge < -0.3 is 5.11 Å². The van der Waals surface area contributed by atoms with Gasteiger partial charge in [-0.1, -0.05) is 13.8 Å². The first-order valence-electron chi connectivity index (χ1n) is 6.50. The molecule has 0 bridgehead atoms. The monoisotopic (exact) mass is 275 g/mol. The number of nitrogens with zero attached hydrogens (tertiary/aromatic N) is 5. The molecule has 2 heterocycles. The van der Waals surface area contributed by atoms with Gasteiger partial charge in [-0.15, -0.1) is 5.10 Å². The fraction of sp³-hybridized carbons (Fsp3) is 0.462. The highest BCUT2D eigenvalue weighted by atomic mass is 16.4. The third kappa shape index (κ3) is 2.15. The van der Waals surface area contributed by atoms with Crippen molar-refractivity contribution in [2.75, 3.05) is 0 Å². The van der Waals surface area contributed by atoms with Crippen LogP contribution in [0.5, 0.6) is 0 Å². The molecule has 0 saturated carbocycles. The van der Waals surface area contributed by atoms with Crippen LogP contribution in [0.1, 0.15) is 32.4 Å². The minimum Gasteiger partial charge on any atom is -0.479 e. The number of aryl methyl sites for hydroxylation is 1. The number of tetrazole rings is 1. The summed E-state index contributed by atoms with van der Waals surface area (Å²) in [5.41, 5.74) is 0.455. The van der Waals surface area contributed by atoms with Crippen molar-refractivity contribution >= 4 is 5.97 Å². The highest BCUT2D eigenvalue weighted by molar-refractivity contribution is 5.77. The molecule has 0 aromatic carbocycles. The van der Waals surface area contributed by atoms with Crippen molar-refractivity contribution in [3.8, 4) is 11.4 Å². The van der Waals surface area contributed by atoms with Gasteiger partial charge in [0, 0.05) is 17.5 Å². The lowest BCUT2D eigenvalue weighted by Gasteiger charge is -2.27.